The van der Waals surface area contributed by atoms with Crippen LogP contribution in [0.2, 0.25) is 19.6 Å². The molecule has 0 unspecified atom stereocenters. The lowest BCUT2D eigenvalue weighted by Gasteiger charge is -2.51. The molecule has 2 fully saturated rings. The standard InChI is InChI=1S/C23H35NO3Si/c1-23-12-11-18-17-10-8-16(25-2)13-15(17)7-9-19(18)20(23)14-21(24-26-3)22(23)27-28(4,5)6/h8,10,13,18-20,22H,7,9,11-12,14H2,1-6H3/b24-21+/t18-,19-,20+,22+,23+/m1/s1. The first kappa shape index (κ1) is 20.0. The molecule has 0 spiro atoms. The molecule has 3 aliphatic rings. The highest BCUT2D eigenvalue weighted by Gasteiger charge is 2.58. The predicted octanol–water partition coefficient (Wildman–Crippen LogP) is 5.38. The van der Waals surface area contributed by atoms with Crippen LogP contribution in [0.3, 0.4) is 0 Å². The van der Waals surface area contributed by atoms with E-state index in [2.05, 4.69) is 49.9 Å². The Morgan fingerprint density at radius 1 is 1.14 bits per heavy atom. The molecule has 5 atom stereocenters. The van der Waals surface area contributed by atoms with E-state index in [4.69, 9.17) is 14.0 Å². The van der Waals surface area contributed by atoms with Gasteiger partial charge in [0.05, 0.1) is 18.9 Å². The van der Waals surface area contributed by atoms with Gasteiger partial charge in [0.2, 0.25) is 0 Å². The van der Waals surface area contributed by atoms with Crippen molar-refractivity contribution in [1.82, 2.24) is 0 Å². The first-order valence-electron chi connectivity index (χ1n) is 10.7. The minimum absolute atomic E-state index is 0.113. The van der Waals surface area contributed by atoms with Crippen LogP contribution in [-0.2, 0) is 15.7 Å². The van der Waals surface area contributed by atoms with Crippen LogP contribution < -0.4 is 4.74 Å². The number of fused-ring (bicyclic) bond motifs is 5. The Kier molecular flexibility index (Phi) is 5.11. The molecule has 3 aliphatic carbocycles. The quantitative estimate of drug-likeness (QED) is 0.502. The van der Waals surface area contributed by atoms with Gasteiger partial charge in [0, 0.05) is 5.41 Å². The van der Waals surface area contributed by atoms with E-state index in [0.717, 1.165) is 24.3 Å². The second-order valence-electron chi connectivity index (χ2n) is 10.1. The van der Waals surface area contributed by atoms with E-state index in [0.29, 0.717) is 17.8 Å². The minimum Gasteiger partial charge on any atom is -0.497 e. The van der Waals surface area contributed by atoms with Gasteiger partial charge in [-0.15, -0.1) is 0 Å². The highest BCUT2D eigenvalue weighted by molar-refractivity contribution is 6.70. The molecule has 28 heavy (non-hydrogen) atoms. The fourth-order valence-electron chi connectivity index (χ4n) is 6.22. The summed E-state index contributed by atoms with van der Waals surface area (Å²) in [6.45, 7) is 9.30. The highest BCUT2D eigenvalue weighted by Crippen LogP contribution is 2.61. The summed E-state index contributed by atoms with van der Waals surface area (Å²) in [6, 6.07) is 6.71. The largest absolute Gasteiger partial charge is 0.497 e. The number of oxime groups is 1. The van der Waals surface area contributed by atoms with Crippen LogP contribution in [0, 0.1) is 17.3 Å². The van der Waals surface area contributed by atoms with Gasteiger partial charge in [-0.3, -0.25) is 0 Å². The molecule has 0 N–H and O–H groups in total. The van der Waals surface area contributed by atoms with E-state index in [-0.39, 0.29) is 11.5 Å². The summed E-state index contributed by atoms with van der Waals surface area (Å²) in [5, 5.41) is 4.46. The van der Waals surface area contributed by atoms with Crippen LogP contribution in [0.15, 0.2) is 23.4 Å². The van der Waals surface area contributed by atoms with Gasteiger partial charge < -0.3 is 14.0 Å². The molecule has 5 heteroatoms. The van der Waals surface area contributed by atoms with Crippen molar-refractivity contribution in [3.8, 4) is 5.75 Å². The van der Waals surface area contributed by atoms with Gasteiger partial charge in [0.15, 0.2) is 8.32 Å². The summed E-state index contributed by atoms with van der Waals surface area (Å²) in [5.74, 6) is 2.97. The molecule has 0 radical (unpaired) electrons. The van der Waals surface area contributed by atoms with Crippen molar-refractivity contribution in [1.29, 1.82) is 0 Å². The second-order valence-corrected chi connectivity index (χ2v) is 14.6. The number of hydrogen-bond donors (Lipinski definition) is 0. The third-order valence-corrected chi connectivity index (χ3v) is 8.32. The van der Waals surface area contributed by atoms with E-state index in [1.165, 1.54) is 24.8 Å². The first-order valence-corrected chi connectivity index (χ1v) is 14.1. The zero-order valence-corrected chi connectivity index (χ0v) is 19.2. The molecule has 1 aromatic carbocycles. The summed E-state index contributed by atoms with van der Waals surface area (Å²) < 4.78 is 12.2. The van der Waals surface area contributed by atoms with Gasteiger partial charge in [-0.05, 0) is 92.8 Å². The normalized spacial score (nSPS) is 35.9. The van der Waals surface area contributed by atoms with E-state index in [9.17, 15) is 0 Å². The minimum atomic E-state index is -1.68. The Morgan fingerprint density at radius 2 is 1.93 bits per heavy atom. The van der Waals surface area contributed by atoms with E-state index >= 15 is 0 Å². The summed E-state index contributed by atoms with van der Waals surface area (Å²) >= 11 is 0. The Morgan fingerprint density at radius 3 is 2.61 bits per heavy atom. The predicted molar refractivity (Wildman–Crippen MR) is 116 cm³/mol. The Bertz CT molecular complexity index is 772. The van der Waals surface area contributed by atoms with E-state index in [1.807, 2.05) is 0 Å². The molecule has 0 amide bonds. The average Bonchev–Trinajstić information content (AvgIpc) is 2.92. The highest BCUT2D eigenvalue weighted by atomic mass is 28.4. The van der Waals surface area contributed by atoms with Crippen LogP contribution >= 0.6 is 0 Å². The summed E-state index contributed by atoms with van der Waals surface area (Å²) in [5.41, 5.74) is 4.35. The van der Waals surface area contributed by atoms with Crippen molar-refractivity contribution in [2.24, 2.45) is 22.4 Å². The van der Waals surface area contributed by atoms with Gasteiger partial charge in [-0.2, -0.15) is 0 Å². The van der Waals surface area contributed by atoms with Crippen LogP contribution in [0.1, 0.15) is 49.7 Å². The lowest BCUT2D eigenvalue weighted by molar-refractivity contribution is -0.00512. The molecule has 1 aromatic rings. The smallest absolute Gasteiger partial charge is 0.184 e. The molecule has 154 valence electrons. The fraction of sp³-hybridized carbons (Fsp3) is 0.696. The SMILES string of the molecule is CO/N=C1\C[C@H]2[C@@H]3CCc4cc(OC)ccc4[C@H]3CC[C@]2(C)[C@H]1O[Si](C)(C)C. The molecular formula is C23H35NO3Si. The van der Waals surface area contributed by atoms with Gasteiger partial charge in [-0.1, -0.05) is 18.1 Å². The molecule has 0 saturated heterocycles. The van der Waals surface area contributed by atoms with Crippen molar-refractivity contribution < 1.29 is 14.0 Å². The molecule has 2 saturated carbocycles. The van der Waals surface area contributed by atoms with Crippen LogP contribution in [-0.4, -0.2) is 34.4 Å². The summed E-state index contributed by atoms with van der Waals surface area (Å²) in [6.07, 6.45) is 5.97. The molecule has 0 aromatic heterocycles. The third-order valence-electron chi connectivity index (χ3n) is 7.38. The average molecular weight is 402 g/mol. The molecule has 0 heterocycles. The lowest BCUT2D eigenvalue weighted by atomic mass is 9.55. The molecule has 0 aliphatic heterocycles. The lowest BCUT2D eigenvalue weighted by Crippen LogP contribution is -2.48. The van der Waals surface area contributed by atoms with E-state index in [1.54, 1.807) is 19.8 Å². The number of aryl methyl sites for hydroxylation is 1. The van der Waals surface area contributed by atoms with Gasteiger partial charge in [0.1, 0.15) is 12.9 Å². The molecule has 4 rings (SSSR count). The van der Waals surface area contributed by atoms with Crippen molar-refractivity contribution in [2.75, 3.05) is 14.2 Å². The number of rotatable bonds is 4. The van der Waals surface area contributed by atoms with Crippen molar-refractivity contribution in [3.63, 3.8) is 0 Å². The molecular weight excluding hydrogens is 366 g/mol. The van der Waals surface area contributed by atoms with Gasteiger partial charge >= 0.3 is 0 Å². The zero-order valence-electron chi connectivity index (χ0n) is 18.2. The van der Waals surface area contributed by atoms with Gasteiger partial charge in [-0.25, -0.2) is 0 Å². The molecule has 0 bridgehead atoms. The maximum absolute atomic E-state index is 6.73. The number of hydrogen-bond acceptors (Lipinski definition) is 4. The van der Waals surface area contributed by atoms with Gasteiger partial charge in [0.25, 0.3) is 0 Å². The topological polar surface area (TPSA) is 40.0 Å². The monoisotopic (exact) mass is 401 g/mol. The number of nitrogens with zero attached hydrogens (tertiary/aromatic N) is 1. The van der Waals surface area contributed by atoms with Crippen molar-refractivity contribution in [2.45, 2.75) is 70.7 Å². The Hall–Kier alpha value is -1.33. The Labute approximate surface area is 170 Å². The van der Waals surface area contributed by atoms with E-state index < -0.39 is 8.32 Å². The van der Waals surface area contributed by atoms with Crippen molar-refractivity contribution >= 4 is 14.0 Å². The zero-order chi connectivity index (χ0) is 20.1. The molecule has 4 nitrogen and oxygen atoms in total. The van der Waals surface area contributed by atoms with Crippen LogP contribution in [0.4, 0.5) is 0 Å². The van der Waals surface area contributed by atoms with Crippen LogP contribution in [0.25, 0.3) is 0 Å². The maximum Gasteiger partial charge on any atom is 0.184 e. The van der Waals surface area contributed by atoms with Crippen molar-refractivity contribution in [3.05, 3.63) is 29.3 Å². The fourth-order valence-corrected chi connectivity index (χ4v) is 7.33. The Balaban J connectivity index is 1.67. The maximum atomic E-state index is 6.73. The number of methoxy groups -OCH3 is 1. The second kappa shape index (κ2) is 7.17. The van der Waals surface area contributed by atoms with Crippen LogP contribution in [0.5, 0.6) is 5.75 Å². The number of benzene rings is 1. The summed E-state index contributed by atoms with van der Waals surface area (Å²) in [4.78, 5) is 5.25. The number of ether oxygens (including phenoxy) is 1. The first-order chi connectivity index (χ1) is 13.3. The third kappa shape index (κ3) is 3.30. The summed E-state index contributed by atoms with van der Waals surface area (Å²) in [7, 11) is 1.74.